The Morgan fingerprint density at radius 2 is 1.38 bits per heavy atom. The second-order valence-corrected chi connectivity index (χ2v) is 5.96. The molecule has 1 aromatic heterocycles. The number of benzene rings is 1. The molecule has 3 heteroatoms. The van der Waals surface area contributed by atoms with Crippen LogP contribution in [-0.2, 0) is 0 Å². The lowest BCUT2D eigenvalue weighted by Gasteiger charge is -2.21. The zero-order valence-corrected chi connectivity index (χ0v) is 13.6. The van der Waals surface area contributed by atoms with Gasteiger partial charge in [0.25, 0.3) is 0 Å². The van der Waals surface area contributed by atoms with E-state index in [4.69, 9.17) is 0 Å². The van der Waals surface area contributed by atoms with Gasteiger partial charge in [-0.25, -0.2) is 0 Å². The summed E-state index contributed by atoms with van der Waals surface area (Å²) < 4.78 is 0. The third-order valence-corrected chi connectivity index (χ3v) is 3.93. The molecule has 0 spiro atoms. The fraction of sp³-hybridized carbons (Fsp3) is 0.444. The summed E-state index contributed by atoms with van der Waals surface area (Å²) in [4.78, 5) is 8.75. The lowest BCUT2D eigenvalue weighted by Crippen LogP contribution is -2.24. The van der Waals surface area contributed by atoms with Gasteiger partial charge in [-0.3, -0.25) is 9.97 Å². The summed E-state index contributed by atoms with van der Waals surface area (Å²) in [6, 6.07) is 9.32. The Balaban J connectivity index is 2.07. The zero-order valence-electron chi connectivity index (χ0n) is 13.6. The maximum Gasteiger partial charge on any atom is 0.0782 e. The van der Waals surface area contributed by atoms with Gasteiger partial charge in [0.15, 0.2) is 0 Å². The van der Waals surface area contributed by atoms with Crippen molar-refractivity contribution in [3.8, 4) is 0 Å². The van der Waals surface area contributed by atoms with Gasteiger partial charge in [0.2, 0.25) is 0 Å². The SMILES string of the molecule is Cc1nccnc1C(C)NC(C)c1ccc(C(C)C)cc1. The summed E-state index contributed by atoms with van der Waals surface area (Å²) >= 11 is 0. The van der Waals surface area contributed by atoms with E-state index < -0.39 is 0 Å². The van der Waals surface area contributed by atoms with Gasteiger partial charge < -0.3 is 5.32 Å². The quantitative estimate of drug-likeness (QED) is 0.888. The van der Waals surface area contributed by atoms with Crippen LogP contribution in [0.2, 0.25) is 0 Å². The van der Waals surface area contributed by atoms with Gasteiger partial charge in [-0.15, -0.1) is 0 Å². The molecule has 0 aliphatic rings. The largest absolute Gasteiger partial charge is 0.302 e. The highest BCUT2D eigenvalue weighted by molar-refractivity contribution is 5.27. The van der Waals surface area contributed by atoms with Crippen molar-refractivity contribution >= 4 is 0 Å². The fourth-order valence-corrected chi connectivity index (χ4v) is 2.56. The average Bonchev–Trinajstić information content (AvgIpc) is 2.47. The molecule has 0 aliphatic heterocycles. The van der Waals surface area contributed by atoms with Crippen LogP contribution < -0.4 is 5.32 Å². The predicted octanol–water partition coefficient (Wildman–Crippen LogP) is 4.32. The molecule has 0 bridgehead atoms. The number of nitrogens with one attached hydrogen (secondary N) is 1. The zero-order chi connectivity index (χ0) is 15.4. The van der Waals surface area contributed by atoms with Crippen molar-refractivity contribution in [2.45, 2.75) is 52.6 Å². The molecule has 2 atom stereocenters. The van der Waals surface area contributed by atoms with Crippen molar-refractivity contribution in [2.24, 2.45) is 0 Å². The first-order chi connectivity index (χ1) is 9.99. The third-order valence-electron chi connectivity index (χ3n) is 3.93. The minimum Gasteiger partial charge on any atom is -0.302 e. The molecule has 0 radical (unpaired) electrons. The topological polar surface area (TPSA) is 37.8 Å². The Morgan fingerprint density at radius 1 is 0.810 bits per heavy atom. The van der Waals surface area contributed by atoms with Crippen LogP contribution >= 0.6 is 0 Å². The van der Waals surface area contributed by atoms with E-state index in [9.17, 15) is 0 Å². The van der Waals surface area contributed by atoms with E-state index in [1.807, 2.05) is 6.92 Å². The second-order valence-electron chi connectivity index (χ2n) is 5.96. The van der Waals surface area contributed by atoms with Crippen LogP contribution in [0, 0.1) is 6.92 Å². The molecule has 3 nitrogen and oxygen atoms in total. The first-order valence-electron chi connectivity index (χ1n) is 7.62. The highest BCUT2D eigenvalue weighted by atomic mass is 15.0. The molecular formula is C18H25N3. The summed E-state index contributed by atoms with van der Waals surface area (Å²) in [5.74, 6) is 0.573. The van der Waals surface area contributed by atoms with Crippen LogP contribution in [0.4, 0.5) is 0 Å². The molecule has 0 fully saturated rings. The molecule has 0 saturated carbocycles. The van der Waals surface area contributed by atoms with E-state index in [0.29, 0.717) is 5.92 Å². The van der Waals surface area contributed by atoms with Crippen molar-refractivity contribution < 1.29 is 0 Å². The van der Waals surface area contributed by atoms with Crippen LogP contribution in [0.15, 0.2) is 36.7 Å². The second kappa shape index (κ2) is 6.81. The summed E-state index contributed by atoms with van der Waals surface area (Å²) in [7, 11) is 0. The number of hydrogen-bond donors (Lipinski definition) is 1. The van der Waals surface area contributed by atoms with Gasteiger partial charge in [0.1, 0.15) is 0 Å². The molecule has 2 unspecified atom stereocenters. The van der Waals surface area contributed by atoms with Crippen molar-refractivity contribution in [1.29, 1.82) is 0 Å². The van der Waals surface area contributed by atoms with Gasteiger partial charge in [-0.2, -0.15) is 0 Å². The minimum atomic E-state index is 0.179. The highest BCUT2D eigenvalue weighted by Gasteiger charge is 2.14. The molecule has 1 aromatic carbocycles. The van der Waals surface area contributed by atoms with Gasteiger partial charge in [0.05, 0.1) is 11.4 Å². The molecular weight excluding hydrogens is 258 g/mol. The lowest BCUT2D eigenvalue weighted by molar-refractivity contribution is 0.482. The van der Waals surface area contributed by atoms with Crippen LogP contribution in [0.5, 0.6) is 0 Å². The molecule has 2 aromatic rings. The van der Waals surface area contributed by atoms with E-state index in [1.165, 1.54) is 11.1 Å². The van der Waals surface area contributed by atoms with Crippen molar-refractivity contribution in [3.05, 3.63) is 59.2 Å². The average molecular weight is 283 g/mol. The summed E-state index contributed by atoms with van der Waals surface area (Å²) in [6.45, 7) is 10.8. The van der Waals surface area contributed by atoms with Crippen LogP contribution in [0.3, 0.4) is 0 Å². The molecule has 112 valence electrons. The summed E-state index contributed by atoms with van der Waals surface area (Å²) in [5, 5.41) is 3.60. The summed E-state index contributed by atoms with van der Waals surface area (Å²) in [6.07, 6.45) is 3.49. The van der Waals surface area contributed by atoms with Crippen molar-refractivity contribution in [1.82, 2.24) is 15.3 Å². The Labute approximate surface area is 127 Å². The standard InChI is InChI=1S/C18H25N3/c1-12(2)16-6-8-17(9-7-16)13(3)21-15(5)18-14(4)19-10-11-20-18/h6-13,15,21H,1-5H3. The van der Waals surface area contributed by atoms with Gasteiger partial charge >= 0.3 is 0 Å². The predicted molar refractivity (Wildman–Crippen MR) is 87.3 cm³/mol. The number of rotatable bonds is 5. The normalized spacial score (nSPS) is 14.2. The van der Waals surface area contributed by atoms with Crippen LogP contribution in [0.1, 0.15) is 68.2 Å². The Hall–Kier alpha value is -1.74. The van der Waals surface area contributed by atoms with E-state index >= 15 is 0 Å². The molecule has 0 saturated heterocycles. The van der Waals surface area contributed by atoms with E-state index in [-0.39, 0.29) is 12.1 Å². The van der Waals surface area contributed by atoms with E-state index in [0.717, 1.165) is 11.4 Å². The molecule has 2 rings (SSSR count). The monoisotopic (exact) mass is 283 g/mol. The molecule has 1 N–H and O–H groups in total. The van der Waals surface area contributed by atoms with Gasteiger partial charge in [-0.05, 0) is 37.8 Å². The fourth-order valence-electron chi connectivity index (χ4n) is 2.56. The first kappa shape index (κ1) is 15.6. The van der Waals surface area contributed by atoms with Crippen LogP contribution in [0.25, 0.3) is 0 Å². The van der Waals surface area contributed by atoms with Gasteiger partial charge in [-0.1, -0.05) is 38.1 Å². The number of aromatic nitrogens is 2. The number of hydrogen-bond acceptors (Lipinski definition) is 3. The maximum atomic E-state index is 4.44. The Kier molecular flexibility index (Phi) is 5.07. The van der Waals surface area contributed by atoms with Crippen LogP contribution in [-0.4, -0.2) is 9.97 Å². The highest BCUT2D eigenvalue weighted by Crippen LogP contribution is 2.21. The van der Waals surface area contributed by atoms with Crippen molar-refractivity contribution in [3.63, 3.8) is 0 Å². The smallest absolute Gasteiger partial charge is 0.0782 e. The lowest BCUT2D eigenvalue weighted by atomic mass is 9.99. The molecule has 0 amide bonds. The first-order valence-corrected chi connectivity index (χ1v) is 7.62. The van der Waals surface area contributed by atoms with E-state index in [2.05, 4.69) is 67.2 Å². The van der Waals surface area contributed by atoms with Crippen molar-refractivity contribution in [2.75, 3.05) is 0 Å². The molecule has 1 heterocycles. The molecule has 21 heavy (non-hydrogen) atoms. The minimum absolute atomic E-state index is 0.179. The van der Waals surface area contributed by atoms with Gasteiger partial charge in [0, 0.05) is 24.5 Å². The number of nitrogens with zero attached hydrogens (tertiary/aromatic N) is 2. The summed E-state index contributed by atoms with van der Waals surface area (Å²) in [5.41, 5.74) is 4.68. The Morgan fingerprint density at radius 3 is 1.95 bits per heavy atom. The molecule has 0 aliphatic carbocycles. The number of aryl methyl sites for hydroxylation is 1. The third kappa shape index (κ3) is 3.88. The maximum absolute atomic E-state index is 4.44. The Bertz CT molecular complexity index is 575. The van der Waals surface area contributed by atoms with E-state index in [1.54, 1.807) is 12.4 Å².